The molecular formula is C22H25FN2O3. The molecule has 0 aromatic heterocycles. The minimum atomic E-state index is -0.258. The van der Waals surface area contributed by atoms with Gasteiger partial charge in [0.15, 0.2) is 0 Å². The van der Waals surface area contributed by atoms with Crippen molar-refractivity contribution in [1.82, 2.24) is 10.2 Å². The fourth-order valence-corrected chi connectivity index (χ4v) is 3.87. The van der Waals surface area contributed by atoms with E-state index in [0.717, 1.165) is 30.0 Å². The Kier molecular flexibility index (Phi) is 5.88. The molecule has 148 valence electrons. The second-order valence-electron chi connectivity index (χ2n) is 7.28. The first kappa shape index (κ1) is 18.9. The molecule has 0 radical (unpaired) electrons. The summed E-state index contributed by atoms with van der Waals surface area (Å²) in [4.78, 5) is 15.1. The lowest BCUT2D eigenvalue weighted by Crippen LogP contribution is -2.45. The Morgan fingerprint density at radius 1 is 1.14 bits per heavy atom. The molecule has 4 rings (SSSR count). The van der Waals surface area contributed by atoms with Crippen LogP contribution in [0.4, 0.5) is 4.39 Å². The molecule has 2 aliphatic heterocycles. The van der Waals surface area contributed by atoms with Crippen molar-refractivity contribution < 1.29 is 18.7 Å². The van der Waals surface area contributed by atoms with Crippen LogP contribution in [0.15, 0.2) is 48.5 Å². The van der Waals surface area contributed by atoms with Crippen LogP contribution in [0.2, 0.25) is 0 Å². The monoisotopic (exact) mass is 384 g/mol. The SMILES string of the molecule is O=C(NC[C@@H](c1ccc(F)cc1)N1CCOCC1)[C@@H]1COc2ccccc2C1. The lowest BCUT2D eigenvalue weighted by atomic mass is 9.95. The standard InChI is InChI=1S/C22H25FN2O3/c23-19-7-5-16(6-8-19)20(25-9-11-27-12-10-25)14-24-22(26)18-13-17-3-1-2-4-21(17)28-15-18/h1-8,18,20H,9-15H2,(H,24,26)/t18-,20-/m0/s1. The van der Waals surface area contributed by atoms with Crippen LogP contribution in [0.25, 0.3) is 0 Å². The third-order valence-electron chi connectivity index (χ3n) is 5.46. The van der Waals surface area contributed by atoms with Gasteiger partial charge in [0.1, 0.15) is 18.2 Å². The number of nitrogens with zero attached hydrogens (tertiary/aromatic N) is 1. The molecule has 1 N–H and O–H groups in total. The zero-order chi connectivity index (χ0) is 19.3. The van der Waals surface area contributed by atoms with Crippen molar-refractivity contribution >= 4 is 5.91 Å². The van der Waals surface area contributed by atoms with E-state index in [4.69, 9.17) is 9.47 Å². The summed E-state index contributed by atoms with van der Waals surface area (Å²) in [6.45, 7) is 3.78. The predicted molar refractivity (Wildman–Crippen MR) is 104 cm³/mol. The third-order valence-corrected chi connectivity index (χ3v) is 5.46. The third kappa shape index (κ3) is 4.34. The van der Waals surface area contributed by atoms with Crippen molar-refractivity contribution in [3.05, 3.63) is 65.5 Å². The van der Waals surface area contributed by atoms with E-state index in [1.807, 2.05) is 24.3 Å². The maximum absolute atomic E-state index is 13.4. The summed E-state index contributed by atoms with van der Waals surface area (Å²) in [5.41, 5.74) is 2.06. The maximum Gasteiger partial charge on any atom is 0.226 e. The van der Waals surface area contributed by atoms with E-state index in [0.29, 0.717) is 32.8 Å². The van der Waals surface area contributed by atoms with E-state index in [1.165, 1.54) is 12.1 Å². The highest BCUT2D eigenvalue weighted by Gasteiger charge is 2.28. The highest BCUT2D eigenvalue weighted by molar-refractivity contribution is 5.79. The van der Waals surface area contributed by atoms with Crippen molar-refractivity contribution in [3.63, 3.8) is 0 Å². The molecule has 5 nitrogen and oxygen atoms in total. The summed E-state index contributed by atoms with van der Waals surface area (Å²) >= 11 is 0. The maximum atomic E-state index is 13.4. The normalized spacial score (nSPS) is 20.7. The van der Waals surface area contributed by atoms with Crippen molar-refractivity contribution in [3.8, 4) is 5.75 Å². The van der Waals surface area contributed by atoms with E-state index < -0.39 is 0 Å². The van der Waals surface area contributed by atoms with Gasteiger partial charge in [-0.2, -0.15) is 0 Å². The molecule has 2 aliphatic rings. The van der Waals surface area contributed by atoms with Gasteiger partial charge in [0.05, 0.1) is 25.2 Å². The lowest BCUT2D eigenvalue weighted by molar-refractivity contribution is -0.126. The Labute approximate surface area is 164 Å². The zero-order valence-electron chi connectivity index (χ0n) is 15.8. The molecule has 0 spiro atoms. The number of fused-ring (bicyclic) bond motifs is 1. The van der Waals surface area contributed by atoms with Gasteiger partial charge >= 0.3 is 0 Å². The molecule has 1 saturated heterocycles. The average molecular weight is 384 g/mol. The van der Waals surface area contributed by atoms with Gasteiger partial charge in [-0.15, -0.1) is 0 Å². The minimum absolute atomic E-state index is 0.00475. The van der Waals surface area contributed by atoms with E-state index in [9.17, 15) is 9.18 Å². The summed E-state index contributed by atoms with van der Waals surface area (Å²) < 4.78 is 24.6. The van der Waals surface area contributed by atoms with Gasteiger partial charge in [0.25, 0.3) is 0 Å². The average Bonchev–Trinajstić information content (AvgIpc) is 2.75. The van der Waals surface area contributed by atoms with Crippen molar-refractivity contribution in [1.29, 1.82) is 0 Å². The van der Waals surface area contributed by atoms with Gasteiger partial charge in [0.2, 0.25) is 5.91 Å². The summed E-state index contributed by atoms with van der Waals surface area (Å²) in [5.74, 6) is 0.402. The van der Waals surface area contributed by atoms with Gasteiger partial charge in [-0.25, -0.2) is 4.39 Å². The van der Waals surface area contributed by atoms with Crippen LogP contribution < -0.4 is 10.1 Å². The second-order valence-corrected chi connectivity index (χ2v) is 7.28. The fourth-order valence-electron chi connectivity index (χ4n) is 3.87. The first-order valence-electron chi connectivity index (χ1n) is 9.76. The van der Waals surface area contributed by atoms with Crippen LogP contribution >= 0.6 is 0 Å². The molecule has 2 aromatic rings. The largest absolute Gasteiger partial charge is 0.492 e. The molecule has 28 heavy (non-hydrogen) atoms. The van der Waals surface area contributed by atoms with Crippen molar-refractivity contribution in [2.24, 2.45) is 5.92 Å². The number of carbonyl (C=O) groups is 1. The van der Waals surface area contributed by atoms with E-state index >= 15 is 0 Å². The molecule has 2 heterocycles. The molecule has 2 atom stereocenters. The molecule has 0 saturated carbocycles. The molecule has 6 heteroatoms. The number of hydrogen-bond donors (Lipinski definition) is 1. The number of carbonyl (C=O) groups excluding carboxylic acids is 1. The molecule has 2 aromatic carbocycles. The minimum Gasteiger partial charge on any atom is -0.492 e. The Morgan fingerprint density at radius 3 is 2.68 bits per heavy atom. The smallest absolute Gasteiger partial charge is 0.226 e. The second kappa shape index (κ2) is 8.71. The Balaban J connectivity index is 1.42. The fraction of sp³-hybridized carbons (Fsp3) is 0.409. The number of rotatable bonds is 5. The number of amides is 1. The van der Waals surface area contributed by atoms with Crippen LogP contribution in [0.5, 0.6) is 5.75 Å². The van der Waals surface area contributed by atoms with Crippen molar-refractivity contribution in [2.45, 2.75) is 12.5 Å². The van der Waals surface area contributed by atoms with E-state index in [1.54, 1.807) is 12.1 Å². The molecule has 0 unspecified atom stereocenters. The van der Waals surface area contributed by atoms with Crippen LogP contribution in [-0.2, 0) is 16.0 Å². The highest BCUT2D eigenvalue weighted by atomic mass is 19.1. The lowest BCUT2D eigenvalue weighted by Gasteiger charge is -2.35. The number of benzene rings is 2. The van der Waals surface area contributed by atoms with Gasteiger partial charge < -0.3 is 14.8 Å². The van der Waals surface area contributed by atoms with Gasteiger partial charge in [-0.05, 0) is 35.7 Å². The molecule has 1 amide bonds. The van der Waals surface area contributed by atoms with Crippen molar-refractivity contribution in [2.75, 3.05) is 39.5 Å². The number of morpholine rings is 1. The van der Waals surface area contributed by atoms with E-state index in [-0.39, 0.29) is 23.7 Å². The first-order chi connectivity index (χ1) is 13.7. The van der Waals surface area contributed by atoms with E-state index in [2.05, 4.69) is 10.2 Å². The number of halogens is 1. The van der Waals surface area contributed by atoms with Gasteiger partial charge in [0, 0.05) is 19.6 Å². The molecular weight excluding hydrogens is 359 g/mol. The Hall–Kier alpha value is -2.44. The number of para-hydroxylation sites is 1. The van der Waals surface area contributed by atoms with Crippen LogP contribution in [0.3, 0.4) is 0 Å². The highest BCUT2D eigenvalue weighted by Crippen LogP contribution is 2.27. The summed E-state index contributed by atoms with van der Waals surface area (Å²) in [6.07, 6.45) is 0.681. The van der Waals surface area contributed by atoms with Crippen LogP contribution in [-0.4, -0.2) is 50.3 Å². The number of nitrogens with one attached hydrogen (secondary N) is 1. The predicted octanol–water partition coefficient (Wildman–Crippen LogP) is 2.57. The summed E-state index contributed by atoms with van der Waals surface area (Å²) in [7, 11) is 0. The molecule has 0 bridgehead atoms. The summed E-state index contributed by atoms with van der Waals surface area (Å²) in [6, 6.07) is 14.4. The zero-order valence-corrected chi connectivity index (χ0v) is 15.8. The Morgan fingerprint density at radius 2 is 1.89 bits per heavy atom. The van der Waals surface area contributed by atoms with Crippen LogP contribution in [0, 0.1) is 11.7 Å². The summed E-state index contributed by atoms with van der Waals surface area (Å²) in [5, 5.41) is 3.10. The van der Waals surface area contributed by atoms with Crippen LogP contribution in [0.1, 0.15) is 17.2 Å². The topological polar surface area (TPSA) is 50.8 Å². The molecule has 1 fully saturated rings. The Bertz CT molecular complexity index is 806. The van der Waals surface area contributed by atoms with Gasteiger partial charge in [-0.1, -0.05) is 30.3 Å². The number of ether oxygens (including phenoxy) is 2. The van der Waals surface area contributed by atoms with Gasteiger partial charge in [-0.3, -0.25) is 9.69 Å². The molecule has 0 aliphatic carbocycles. The first-order valence-corrected chi connectivity index (χ1v) is 9.76. The number of hydrogen-bond acceptors (Lipinski definition) is 4. The quantitative estimate of drug-likeness (QED) is 0.861.